The first kappa shape index (κ1) is 54.5. The number of benzene rings is 6. The van der Waals surface area contributed by atoms with Crippen molar-refractivity contribution in [3.63, 3.8) is 0 Å². The third kappa shape index (κ3) is 7.21. The number of allylic oxidation sites excluding steroid dienone is 1. The lowest BCUT2D eigenvalue weighted by atomic mass is 9.57. The Kier molecular flexibility index (Phi) is 13.4. The first-order chi connectivity index (χ1) is 35.5. The molecule has 5 nitrogen and oxygen atoms in total. The fraction of sp³-hybridized carbons (Fsp3) is 0.0227. The van der Waals surface area contributed by atoms with Gasteiger partial charge in [0.15, 0.2) is 17.5 Å². The van der Waals surface area contributed by atoms with Gasteiger partial charge in [0.25, 0.3) is 0 Å². The van der Waals surface area contributed by atoms with Crippen molar-refractivity contribution in [2.45, 2.75) is 5.92 Å². The van der Waals surface area contributed by atoms with Crippen LogP contribution in [0.5, 0.6) is 0 Å². The van der Waals surface area contributed by atoms with E-state index in [9.17, 15) is 0 Å². The summed E-state index contributed by atoms with van der Waals surface area (Å²) < 4.78 is 7.79. The average molecular weight is 893 g/mol. The summed E-state index contributed by atoms with van der Waals surface area (Å²) in [5, 5.41) is 0.397. The highest BCUT2D eigenvalue weighted by atomic mass is 16.3. The van der Waals surface area contributed by atoms with E-state index in [0.29, 0.717) is 0 Å². The van der Waals surface area contributed by atoms with Crippen molar-refractivity contribution in [3.8, 4) is 39.9 Å². The van der Waals surface area contributed by atoms with Crippen molar-refractivity contribution in [3.05, 3.63) is 22.4 Å². The SMILES string of the molecule is [B]C1=C([B])C(c2c([B])c([B])c([B])c([B])c2[B])c2c1oc1c([B])c([B])c([B])c(-c3nc(-c4c([B])c([B])c([B])c([B])c4[B])nc(-c4c([B])c([B])c(-n5c6c([B])c([B])c([B])c([B])c6c6c([B])c([B])c([B])c([B])c65)c([B])c4[B])n3)c21. The van der Waals surface area contributed by atoms with E-state index in [2.05, 4.69) is 0 Å². The lowest BCUT2D eigenvalue weighted by Crippen LogP contribution is -2.56. The second-order valence-corrected chi connectivity index (χ2v) is 18.2. The van der Waals surface area contributed by atoms with Gasteiger partial charge in [0.2, 0.25) is 0 Å². The van der Waals surface area contributed by atoms with E-state index in [4.69, 9.17) is 231 Å². The van der Waals surface area contributed by atoms with Gasteiger partial charge < -0.3 is 8.98 Å². The molecule has 1 aliphatic carbocycles. The Labute approximate surface area is 475 Å². The lowest BCUT2D eigenvalue weighted by Gasteiger charge is -2.28. The number of fused-ring (bicyclic) bond motifs is 6. The van der Waals surface area contributed by atoms with Gasteiger partial charge in [0.1, 0.15) is 223 Å². The van der Waals surface area contributed by atoms with Crippen molar-refractivity contribution in [2.75, 3.05) is 0 Å². The van der Waals surface area contributed by atoms with Gasteiger partial charge in [0, 0.05) is 50.3 Å². The summed E-state index contributed by atoms with van der Waals surface area (Å²) in [4.78, 5) is 14.5. The molecule has 32 heteroatoms. The van der Waals surface area contributed by atoms with Gasteiger partial charge >= 0.3 is 0 Å². The molecule has 0 N–H and O–H groups in total. The van der Waals surface area contributed by atoms with Crippen LogP contribution >= 0.6 is 0 Å². The molecule has 54 radical (unpaired) electrons. The highest BCUT2D eigenvalue weighted by Gasteiger charge is 2.38. The zero-order valence-corrected chi connectivity index (χ0v) is 39.9. The maximum atomic E-state index is 7.08. The predicted molar refractivity (Wildman–Crippen MR) is 342 cm³/mol. The molecule has 284 valence electrons. The molecule has 0 amide bonds. The largest absolute Gasteiger partial charge is 0.458 e. The Morgan fingerprint density at radius 3 is 1.03 bits per heavy atom. The molecule has 3 aromatic heterocycles. The van der Waals surface area contributed by atoms with Gasteiger partial charge in [-0.05, 0) is 10.8 Å². The Balaban J connectivity index is 1.35. The van der Waals surface area contributed by atoms with E-state index in [0.717, 1.165) is 0 Å². The van der Waals surface area contributed by atoms with Crippen molar-refractivity contribution in [2.24, 2.45) is 0 Å². The standard InChI is InChI=1S/C44HB27N4O/c45-10-1(4-11(46)20(55)27(62)21(56)12(4)47)2-3-7(15(50)26(61)36(71)41(3)76-40(2)35(10)70)42-72-43(8-16(51)24(59)28(63)25(60)17(8)52)74-44(73-42)9-18(53)31(66)39(32(67)19(9)54)75-37-5(13(48)22(57)29(64)33(37)68)6-14(49)23(58)30(65)34(69)38(6)75/h1H. The fourth-order valence-corrected chi connectivity index (χ4v) is 10.1. The second-order valence-electron chi connectivity index (χ2n) is 18.2. The first-order valence-electron chi connectivity index (χ1n) is 22.1. The molecule has 9 aromatic rings. The van der Waals surface area contributed by atoms with Gasteiger partial charge in [0.05, 0.1) is 0 Å². The number of nitrogens with zero attached hydrogens (tertiary/aromatic N) is 4. The minimum Gasteiger partial charge on any atom is -0.458 e. The number of hydrogen-bond acceptors (Lipinski definition) is 4. The molecular formula is C44HB27N4O. The Morgan fingerprint density at radius 1 is 0.289 bits per heavy atom. The van der Waals surface area contributed by atoms with Crippen LogP contribution in [-0.2, 0) is 0 Å². The van der Waals surface area contributed by atoms with Gasteiger partial charge in [-0.15, -0.1) is 76.5 Å². The van der Waals surface area contributed by atoms with E-state index in [-0.39, 0.29) is 237 Å². The van der Waals surface area contributed by atoms with Crippen LogP contribution in [0.25, 0.3) is 78.1 Å². The van der Waals surface area contributed by atoms with Crippen LogP contribution in [-0.4, -0.2) is 231 Å². The Morgan fingerprint density at radius 2 is 0.605 bits per heavy atom. The summed E-state index contributed by atoms with van der Waals surface area (Å²) >= 11 is 0. The molecule has 0 aliphatic heterocycles. The molecule has 0 saturated carbocycles. The zero-order chi connectivity index (χ0) is 55.8. The molecule has 1 aliphatic rings. The van der Waals surface area contributed by atoms with E-state index in [1.807, 2.05) is 0 Å². The number of rotatable bonds is 5. The van der Waals surface area contributed by atoms with Crippen LogP contribution in [0.15, 0.2) is 9.89 Å². The van der Waals surface area contributed by atoms with E-state index < -0.39 is 5.92 Å². The van der Waals surface area contributed by atoms with Gasteiger partial charge in [-0.1, -0.05) is 76.6 Å². The van der Waals surface area contributed by atoms with Crippen molar-refractivity contribution in [1.82, 2.24) is 19.5 Å². The number of aromatic nitrogens is 4. The smallest absolute Gasteiger partial charge is 0.164 e. The fourth-order valence-electron chi connectivity index (χ4n) is 10.1. The first-order valence-corrected chi connectivity index (χ1v) is 22.1. The highest BCUT2D eigenvalue weighted by Crippen LogP contribution is 2.48. The maximum Gasteiger partial charge on any atom is 0.164 e. The molecule has 10 rings (SSSR count). The van der Waals surface area contributed by atoms with E-state index in [1.165, 1.54) is 4.57 Å². The van der Waals surface area contributed by atoms with Crippen molar-refractivity contribution < 1.29 is 4.42 Å². The third-order valence-electron chi connectivity index (χ3n) is 14.3. The van der Waals surface area contributed by atoms with Crippen LogP contribution in [0.1, 0.15) is 22.8 Å². The molecule has 0 fully saturated rings. The quantitative estimate of drug-likeness (QED) is 0.162. The molecule has 3 heterocycles. The van der Waals surface area contributed by atoms with Crippen LogP contribution in [0.4, 0.5) is 0 Å². The Hall–Kier alpha value is -4.84. The summed E-state index contributed by atoms with van der Waals surface area (Å²) in [7, 11) is 179. The average Bonchev–Trinajstić information content (AvgIpc) is 4.14. The monoisotopic (exact) mass is 898 g/mol. The van der Waals surface area contributed by atoms with Gasteiger partial charge in [-0.2, -0.15) is 0 Å². The Bertz CT molecular complexity index is 4110. The summed E-state index contributed by atoms with van der Waals surface area (Å²) in [6.07, 6.45) is 0. The third-order valence-corrected chi connectivity index (χ3v) is 14.3. The lowest BCUT2D eigenvalue weighted by molar-refractivity contribution is 0.602. The molecule has 76 heavy (non-hydrogen) atoms. The van der Waals surface area contributed by atoms with Crippen LogP contribution in [0.3, 0.4) is 0 Å². The molecule has 0 saturated heterocycles. The molecule has 1 atom stereocenters. The second kappa shape index (κ2) is 18.6. The van der Waals surface area contributed by atoms with Crippen LogP contribution in [0, 0.1) is 0 Å². The van der Waals surface area contributed by atoms with Gasteiger partial charge in [-0.25, -0.2) is 15.0 Å². The zero-order valence-electron chi connectivity index (χ0n) is 39.9. The van der Waals surface area contributed by atoms with E-state index >= 15 is 0 Å². The number of furan rings is 1. The van der Waals surface area contributed by atoms with E-state index in [1.54, 1.807) is 0 Å². The summed E-state index contributed by atoms with van der Waals surface area (Å²) in [5.41, 5.74) is -4.02. The number of hydrogen-bond donors (Lipinski definition) is 0. The summed E-state index contributed by atoms with van der Waals surface area (Å²) in [6.45, 7) is 0. The molecule has 0 spiro atoms. The molecule has 1 unspecified atom stereocenters. The van der Waals surface area contributed by atoms with Crippen molar-refractivity contribution >= 4 is 387 Å². The van der Waals surface area contributed by atoms with Crippen LogP contribution in [0.2, 0.25) is 0 Å². The predicted octanol–water partition coefficient (Wildman–Crippen LogP) is -20.3. The minimum atomic E-state index is -1.17. The molecular weight excluding hydrogens is 892 g/mol. The molecule has 6 aromatic carbocycles. The minimum absolute atomic E-state index is 0.00125. The maximum absolute atomic E-state index is 7.08. The van der Waals surface area contributed by atoms with Crippen molar-refractivity contribution in [1.29, 1.82) is 0 Å². The van der Waals surface area contributed by atoms with Gasteiger partial charge in [-0.3, -0.25) is 0 Å². The normalized spacial score (nSPS) is 13.4. The molecule has 0 bridgehead atoms. The van der Waals surface area contributed by atoms with Crippen LogP contribution < -0.4 is 137 Å². The summed E-state index contributed by atoms with van der Waals surface area (Å²) in [5.74, 6) is -2.17. The topological polar surface area (TPSA) is 56.7 Å². The summed E-state index contributed by atoms with van der Waals surface area (Å²) in [6, 6.07) is 0. The highest BCUT2D eigenvalue weighted by molar-refractivity contribution is 6.74.